The van der Waals surface area contributed by atoms with Crippen LogP contribution in [0.1, 0.15) is 90.5 Å². The van der Waals surface area contributed by atoms with E-state index in [9.17, 15) is 15.0 Å². The van der Waals surface area contributed by atoms with Crippen LogP contribution in [0.5, 0.6) is 5.75 Å². The average Bonchev–Trinajstić information content (AvgIpc) is 3.26. The first-order valence-corrected chi connectivity index (χ1v) is 15.0. The number of nitrogens with zero attached hydrogens (tertiary/aromatic N) is 1. The Kier molecular flexibility index (Phi) is 7.94. The molecular weight excluding hydrogens is 476 g/mol. The number of hydrogen-bond acceptors (Lipinski definition) is 5. The third-order valence-electron chi connectivity index (χ3n) is 11.8. The van der Waals surface area contributed by atoms with Gasteiger partial charge in [0.15, 0.2) is 0 Å². The zero-order chi connectivity index (χ0) is 27.1. The summed E-state index contributed by atoms with van der Waals surface area (Å²) in [5.74, 6) is 3.79. The third-order valence-corrected chi connectivity index (χ3v) is 11.8. The van der Waals surface area contributed by atoms with Gasteiger partial charge in [0.2, 0.25) is 5.91 Å². The minimum absolute atomic E-state index is 0.0359. The first-order chi connectivity index (χ1) is 18.2. The van der Waals surface area contributed by atoms with Crippen LogP contribution < -0.4 is 10.2 Å². The van der Waals surface area contributed by atoms with E-state index in [1.807, 2.05) is 24.3 Å². The molecule has 210 valence electrons. The second-order valence-corrected chi connectivity index (χ2v) is 13.5. The summed E-state index contributed by atoms with van der Waals surface area (Å²) in [5.41, 5.74) is 4.11. The van der Waals surface area contributed by atoms with E-state index < -0.39 is 0 Å². The quantitative estimate of drug-likeness (QED) is 0.322. The highest BCUT2D eigenvalue weighted by Gasteiger charge is 2.62. The van der Waals surface area contributed by atoms with Gasteiger partial charge in [0.1, 0.15) is 5.75 Å². The Balaban J connectivity index is 1.17. The molecule has 1 aromatic rings. The van der Waals surface area contributed by atoms with Crippen LogP contribution in [0.2, 0.25) is 0 Å². The number of fused-ring (bicyclic) bond motifs is 5. The third kappa shape index (κ3) is 5.03. The van der Waals surface area contributed by atoms with E-state index in [1.165, 1.54) is 25.7 Å². The van der Waals surface area contributed by atoms with E-state index in [2.05, 4.69) is 31.3 Å². The molecule has 38 heavy (non-hydrogen) atoms. The number of benzene rings is 1. The predicted octanol–water partition coefficient (Wildman–Crippen LogP) is 5.55. The molecule has 0 aromatic heterocycles. The lowest BCUT2D eigenvalue weighted by molar-refractivity contribution is -0.174. The van der Waals surface area contributed by atoms with Crippen molar-refractivity contribution in [3.8, 4) is 5.75 Å². The Morgan fingerprint density at radius 1 is 1.08 bits per heavy atom. The van der Waals surface area contributed by atoms with Crippen molar-refractivity contribution in [3.63, 3.8) is 0 Å². The Labute approximate surface area is 228 Å². The van der Waals surface area contributed by atoms with E-state index in [0.717, 1.165) is 43.4 Å². The Morgan fingerprint density at radius 2 is 1.79 bits per heavy atom. The molecule has 0 bridgehead atoms. The SMILES string of the molecule is COc1ccc(/C=N\NC(=O)CC[C@@H](C)[C@H]2CC[C@H]3[C@@H]4[C@@H](O)C[C@H]5C[C@@H](O)CC[C@]5(C)[C@H]4CC[C@]23C)cc1. The molecule has 5 rings (SSSR count). The number of aliphatic hydroxyl groups is 2. The topological polar surface area (TPSA) is 91.2 Å². The van der Waals surface area contributed by atoms with Crippen molar-refractivity contribution in [1.29, 1.82) is 0 Å². The van der Waals surface area contributed by atoms with Gasteiger partial charge >= 0.3 is 0 Å². The van der Waals surface area contributed by atoms with Crippen LogP contribution in [-0.2, 0) is 4.79 Å². The monoisotopic (exact) mass is 524 g/mol. The second-order valence-electron chi connectivity index (χ2n) is 13.5. The second kappa shape index (κ2) is 10.9. The van der Waals surface area contributed by atoms with Crippen LogP contribution >= 0.6 is 0 Å². The maximum absolute atomic E-state index is 12.5. The van der Waals surface area contributed by atoms with Crippen LogP contribution in [-0.4, -0.2) is 41.7 Å². The van der Waals surface area contributed by atoms with Gasteiger partial charge in [-0.05, 0) is 134 Å². The van der Waals surface area contributed by atoms with Crippen LogP contribution in [0.3, 0.4) is 0 Å². The van der Waals surface area contributed by atoms with Crippen molar-refractivity contribution in [1.82, 2.24) is 5.43 Å². The molecule has 0 heterocycles. The Bertz CT molecular complexity index is 1010. The summed E-state index contributed by atoms with van der Waals surface area (Å²) >= 11 is 0. The molecule has 4 saturated carbocycles. The summed E-state index contributed by atoms with van der Waals surface area (Å²) in [6.07, 6.45) is 11.2. The lowest BCUT2D eigenvalue weighted by Gasteiger charge is -2.62. The molecule has 3 N–H and O–H groups in total. The molecule has 0 saturated heterocycles. The fourth-order valence-electron chi connectivity index (χ4n) is 9.66. The molecule has 4 aliphatic carbocycles. The molecule has 1 amide bonds. The molecule has 0 unspecified atom stereocenters. The Hall–Kier alpha value is -1.92. The minimum atomic E-state index is -0.239. The van der Waals surface area contributed by atoms with E-state index in [1.54, 1.807) is 13.3 Å². The fourth-order valence-corrected chi connectivity index (χ4v) is 9.66. The molecule has 0 spiro atoms. The molecule has 0 aliphatic heterocycles. The standard InChI is InChI=1S/C32H48N2O4/c1-20(5-12-29(37)34-33-19-21-6-8-24(38-4)9-7-21)25-10-11-26-30-27(14-16-32(25,26)3)31(2)15-13-23(35)17-22(31)18-28(30)36/h6-9,19-20,22-23,25-28,30,35-36H,5,10-18H2,1-4H3,(H,34,37)/b33-19-/t20-,22-,23+,25-,26+,27+,28+,30+,31+,32-/m1/s1. The van der Waals surface area contributed by atoms with Crippen molar-refractivity contribution in [3.05, 3.63) is 29.8 Å². The highest BCUT2D eigenvalue weighted by Crippen LogP contribution is 2.68. The first-order valence-electron chi connectivity index (χ1n) is 15.0. The molecule has 1 aromatic carbocycles. The molecule has 6 heteroatoms. The molecule has 4 fully saturated rings. The van der Waals surface area contributed by atoms with Gasteiger partial charge in [-0.25, -0.2) is 5.43 Å². The zero-order valence-corrected chi connectivity index (χ0v) is 23.7. The lowest BCUT2D eigenvalue weighted by Crippen LogP contribution is -2.58. The Morgan fingerprint density at radius 3 is 2.53 bits per heavy atom. The van der Waals surface area contributed by atoms with E-state index in [0.29, 0.717) is 41.9 Å². The van der Waals surface area contributed by atoms with E-state index in [-0.39, 0.29) is 28.9 Å². The van der Waals surface area contributed by atoms with Crippen LogP contribution in [0.15, 0.2) is 29.4 Å². The number of hydrogen-bond donors (Lipinski definition) is 3. The van der Waals surface area contributed by atoms with Crippen molar-refractivity contribution in [2.75, 3.05) is 7.11 Å². The summed E-state index contributed by atoms with van der Waals surface area (Å²) in [6.45, 7) is 7.29. The van der Waals surface area contributed by atoms with Crippen LogP contribution in [0.25, 0.3) is 0 Å². The van der Waals surface area contributed by atoms with Gasteiger partial charge in [0.25, 0.3) is 0 Å². The number of amides is 1. The number of rotatable bonds is 7. The maximum Gasteiger partial charge on any atom is 0.240 e. The summed E-state index contributed by atoms with van der Waals surface area (Å²) in [7, 11) is 1.64. The summed E-state index contributed by atoms with van der Waals surface area (Å²) in [6, 6.07) is 7.56. The predicted molar refractivity (Wildman–Crippen MR) is 150 cm³/mol. The highest BCUT2D eigenvalue weighted by atomic mass is 16.5. The zero-order valence-electron chi connectivity index (χ0n) is 23.7. The average molecular weight is 525 g/mol. The van der Waals surface area contributed by atoms with Gasteiger partial charge in [-0.15, -0.1) is 0 Å². The molecular formula is C32H48N2O4. The van der Waals surface area contributed by atoms with Gasteiger partial charge in [-0.1, -0.05) is 20.8 Å². The van der Waals surface area contributed by atoms with Crippen LogP contribution in [0, 0.1) is 46.3 Å². The molecule has 4 aliphatic rings. The minimum Gasteiger partial charge on any atom is -0.497 e. The van der Waals surface area contributed by atoms with Gasteiger partial charge in [-0.3, -0.25) is 4.79 Å². The van der Waals surface area contributed by atoms with Crippen LogP contribution in [0.4, 0.5) is 0 Å². The largest absolute Gasteiger partial charge is 0.497 e. The maximum atomic E-state index is 12.5. The van der Waals surface area contributed by atoms with Crippen molar-refractivity contribution < 1.29 is 19.7 Å². The smallest absolute Gasteiger partial charge is 0.240 e. The fraction of sp³-hybridized carbons (Fsp3) is 0.750. The van der Waals surface area contributed by atoms with E-state index >= 15 is 0 Å². The van der Waals surface area contributed by atoms with Gasteiger partial charge in [-0.2, -0.15) is 5.10 Å². The van der Waals surface area contributed by atoms with Crippen molar-refractivity contribution in [2.24, 2.45) is 51.4 Å². The number of carbonyl (C=O) groups excluding carboxylic acids is 1. The normalized spacial score (nSPS) is 41.2. The number of hydrazone groups is 1. The number of nitrogens with one attached hydrogen (secondary N) is 1. The number of aliphatic hydroxyl groups excluding tert-OH is 2. The molecule has 0 radical (unpaired) electrons. The van der Waals surface area contributed by atoms with E-state index in [4.69, 9.17) is 4.74 Å². The van der Waals surface area contributed by atoms with Gasteiger partial charge in [0, 0.05) is 6.42 Å². The number of ether oxygens (including phenoxy) is 1. The number of carbonyl (C=O) groups is 1. The summed E-state index contributed by atoms with van der Waals surface area (Å²) in [5, 5.41) is 25.9. The van der Waals surface area contributed by atoms with Gasteiger partial charge in [0.05, 0.1) is 25.5 Å². The lowest BCUT2D eigenvalue weighted by atomic mass is 9.43. The van der Waals surface area contributed by atoms with Gasteiger partial charge < -0.3 is 14.9 Å². The van der Waals surface area contributed by atoms with Crippen molar-refractivity contribution in [2.45, 2.75) is 97.2 Å². The highest BCUT2D eigenvalue weighted by molar-refractivity contribution is 5.82. The summed E-state index contributed by atoms with van der Waals surface area (Å²) < 4.78 is 5.17. The molecule has 6 nitrogen and oxygen atoms in total. The molecule has 10 atom stereocenters. The van der Waals surface area contributed by atoms with Crippen molar-refractivity contribution >= 4 is 12.1 Å². The number of methoxy groups -OCH3 is 1. The first kappa shape index (κ1) is 27.6. The summed E-state index contributed by atoms with van der Waals surface area (Å²) in [4.78, 5) is 12.5.